The van der Waals surface area contributed by atoms with E-state index in [1.165, 1.54) is 12.2 Å². The van der Waals surface area contributed by atoms with Gasteiger partial charge in [-0.3, -0.25) is 4.79 Å². The van der Waals surface area contributed by atoms with Gasteiger partial charge in [-0.05, 0) is 49.1 Å². The average Bonchev–Trinajstić information content (AvgIpc) is 2.49. The van der Waals surface area contributed by atoms with Gasteiger partial charge in [-0.25, -0.2) is 0 Å². The maximum absolute atomic E-state index is 11.5. The Morgan fingerprint density at radius 3 is 2.70 bits per heavy atom. The zero-order chi connectivity index (χ0) is 14.6. The lowest BCUT2D eigenvalue weighted by atomic mass is 10.2. The Kier molecular flexibility index (Phi) is 8.32. The van der Waals surface area contributed by atoms with Crippen LogP contribution in [0.1, 0.15) is 24.8 Å². The lowest BCUT2D eigenvalue weighted by Crippen LogP contribution is -2.29. The molecule has 1 aromatic rings. The molecule has 1 rings (SSSR count). The molecule has 4 nitrogen and oxygen atoms in total. The minimum Gasteiger partial charge on any atom is -0.484 e. The standard InChI is InChI=1S/C15H20N2O2S/c1-20-10-4-2-3-9-17-15(18)12-19-14-7-5-13(11-16)6-8-14/h5-8H,2-4,9-10,12H2,1H3,(H,17,18). The number of carbonyl (C=O) groups excluding carboxylic acids is 1. The summed E-state index contributed by atoms with van der Waals surface area (Å²) in [6.45, 7) is 0.709. The number of hydrogen-bond acceptors (Lipinski definition) is 4. The fourth-order valence-corrected chi connectivity index (χ4v) is 2.09. The maximum Gasteiger partial charge on any atom is 0.257 e. The van der Waals surface area contributed by atoms with Gasteiger partial charge in [-0.15, -0.1) is 0 Å². The van der Waals surface area contributed by atoms with Gasteiger partial charge in [-0.2, -0.15) is 17.0 Å². The van der Waals surface area contributed by atoms with Crippen LogP contribution in [0.5, 0.6) is 5.75 Å². The zero-order valence-corrected chi connectivity index (χ0v) is 12.5. The van der Waals surface area contributed by atoms with E-state index in [9.17, 15) is 4.79 Å². The molecule has 0 spiro atoms. The summed E-state index contributed by atoms with van der Waals surface area (Å²) < 4.78 is 5.34. The summed E-state index contributed by atoms with van der Waals surface area (Å²) in [6.07, 6.45) is 5.43. The second-order valence-electron chi connectivity index (χ2n) is 4.33. The van der Waals surface area contributed by atoms with Crippen molar-refractivity contribution in [3.63, 3.8) is 0 Å². The van der Waals surface area contributed by atoms with Crippen molar-refractivity contribution in [3.8, 4) is 11.8 Å². The molecule has 0 saturated heterocycles. The molecule has 0 aliphatic carbocycles. The minimum absolute atomic E-state index is 0.0106. The lowest BCUT2D eigenvalue weighted by molar-refractivity contribution is -0.123. The summed E-state index contributed by atoms with van der Waals surface area (Å²) >= 11 is 1.85. The van der Waals surface area contributed by atoms with Gasteiger partial charge in [0.15, 0.2) is 6.61 Å². The smallest absolute Gasteiger partial charge is 0.257 e. The zero-order valence-electron chi connectivity index (χ0n) is 11.7. The quantitative estimate of drug-likeness (QED) is 0.711. The summed E-state index contributed by atoms with van der Waals surface area (Å²) in [5.74, 6) is 1.66. The molecule has 0 heterocycles. The number of amides is 1. The maximum atomic E-state index is 11.5. The van der Waals surface area contributed by atoms with E-state index in [2.05, 4.69) is 11.6 Å². The first-order chi connectivity index (χ1) is 9.76. The van der Waals surface area contributed by atoms with Crippen LogP contribution in [-0.4, -0.2) is 31.1 Å². The van der Waals surface area contributed by atoms with Crippen molar-refractivity contribution < 1.29 is 9.53 Å². The SMILES string of the molecule is CSCCCCCNC(=O)COc1ccc(C#N)cc1. The number of nitrogens with one attached hydrogen (secondary N) is 1. The van der Waals surface area contributed by atoms with Crippen molar-refractivity contribution in [2.24, 2.45) is 0 Å². The van der Waals surface area contributed by atoms with Gasteiger partial charge in [0.25, 0.3) is 5.91 Å². The molecule has 20 heavy (non-hydrogen) atoms. The number of ether oxygens (including phenoxy) is 1. The molecule has 0 fully saturated rings. The topological polar surface area (TPSA) is 62.1 Å². The second-order valence-corrected chi connectivity index (χ2v) is 5.31. The van der Waals surface area contributed by atoms with Crippen LogP contribution in [0.4, 0.5) is 0 Å². The predicted molar refractivity (Wildman–Crippen MR) is 81.9 cm³/mol. The molecule has 0 radical (unpaired) electrons. The third-order valence-corrected chi connectivity index (χ3v) is 3.40. The molecule has 0 aromatic heterocycles. The Balaban J connectivity index is 2.11. The van der Waals surface area contributed by atoms with E-state index < -0.39 is 0 Å². The molecule has 0 bridgehead atoms. The third-order valence-electron chi connectivity index (χ3n) is 2.70. The number of rotatable bonds is 9. The van der Waals surface area contributed by atoms with Gasteiger partial charge >= 0.3 is 0 Å². The molecule has 108 valence electrons. The normalized spacial score (nSPS) is 9.80. The number of benzene rings is 1. The minimum atomic E-state index is -0.112. The van der Waals surface area contributed by atoms with Crippen LogP contribution >= 0.6 is 11.8 Å². The van der Waals surface area contributed by atoms with E-state index in [1.807, 2.05) is 17.8 Å². The van der Waals surface area contributed by atoms with Crippen molar-refractivity contribution in [1.82, 2.24) is 5.32 Å². The van der Waals surface area contributed by atoms with Crippen LogP contribution in [-0.2, 0) is 4.79 Å². The first kappa shape index (κ1) is 16.4. The molecular formula is C15H20N2O2S. The number of unbranched alkanes of at least 4 members (excludes halogenated alkanes) is 2. The van der Waals surface area contributed by atoms with E-state index in [-0.39, 0.29) is 12.5 Å². The van der Waals surface area contributed by atoms with Crippen molar-refractivity contribution in [2.45, 2.75) is 19.3 Å². The fraction of sp³-hybridized carbons (Fsp3) is 0.467. The summed E-state index contributed by atoms with van der Waals surface area (Å²) in [5.41, 5.74) is 0.576. The van der Waals surface area contributed by atoms with E-state index in [0.717, 1.165) is 12.8 Å². The molecule has 0 atom stereocenters. The van der Waals surface area contributed by atoms with Gasteiger partial charge in [0.2, 0.25) is 0 Å². The van der Waals surface area contributed by atoms with E-state index >= 15 is 0 Å². The molecule has 0 aliphatic heterocycles. The summed E-state index contributed by atoms with van der Waals surface area (Å²) in [5, 5.41) is 11.5. The monoisotopic (exact) mass is 292 g/mol. The number of nitrogens with zero attached hydrogens (tertiary/aromatic N) is 1. The summed E-state index contributed by atoms with van der Waals surface area (Å²) in [7, 11) is 0. The first-order valence-electron chi connectivity index (χ1n) is 6.65. The molecule has 0 unspecified atom stereocenters. The van der Waals surface area contributed by atoms with Crippen molar-refractivity contribution in [2.75, 3.05) is 25.2 Å². The van der Waals surface area contributed by atoms with Crippen molar-refractivity contribution in [3.05, 3.63) is 29.8 Å². The van der Waals surface area contributed by atoms with Gasteiger partial charge in [0.05, 0.1) is 11.6 Å². The van der Waals surface area contributed by atoms with Gasteiger partial charge in [0.1, 0.15) is 5.75 Å². The van der Waals surface area contributed by atoms with Crippen LogP contribution in [0.2, 0.25) is 0 Å². The van der Waals surface area contributed by atoms with Crippen LogP contribution in [0, 0.1) is 11.3 Å². The Hall–Kier alpha value is -1.67. The highest BCUT2D eigenvalue weighted by molar-refractivity contribution is 7.98. The highest BCUT2D eigenvalue weighted by Gasteiger charge is 2.02. The molecular weight excluding hydrogens is 272 g/mol. The Labute approximate surface area is 124 Å². The van der Waals surface area contributed by atoms with Crippen LogP contribution < -0.4 is 10.1 Å². The van der Waals surface area contributed by atoms with Crippen molar-refractivity contribution >= 4 is 17.7 Å². The third kappa shape index (κ3) is 7.05. The first-order valence-corrected chi connectivity index (χ1v) is 8.04. The van der Waals surface area contributed by atoms with Crippen molar-refractivity contribution in [1.29, 1.82) is 5.26 Å². The van der Waals surface area contributed by atoms with E-state index in [0.29, 0.717) is 17.9 Å². The van der Waals surface area contributed by atoms with Crippen LogP contribution in [0.25, 0.3) is 0 Å². The Morgan fingerprint density at radius 2 is 2.05 bits per heavy atom. The number of thioether (sulfide) groups is 1. The molecule has 5 heteroatoms. The largest absolute Gasteiger partial charge is 0.484 e. The summed E-state index contributed by atoms with van der Waals surface area (Å²) in [4.78, 5) is 11.5. The number of nitriles is 1. The van der Waals surface area contributed by atoms with Crippen LogP contribution in [0.15, 0.2) is 24.3 Å². The summed E-state index contributed by atoms with van der Waals surface area (Å²) in [6, 6.07) is 8.74. The average molecular weight is 292 g/mol. The highest BCUT2D eigenvalue weighted by Crippen LogP contribution is 2.11. The Bertz CT molecular complexity index is 440. The molecule has 0 aliphatic rings. The number of hydrogen-bond donors (Lipinski definition) is 1. The van der Waals surface area contributed by atoms with Crippen LogP contribution in [0.3, 0.4) is 0 Å². The molecule has 1 N–H and O–H groups in total. The second kappa shape index (κ2) is 10.2. The van der Waals surface area contributed by atoms with Gasteiger partial charge in [0, 0.05) is 6.54 Å². The molecule has 0 saturated carbocycles. The van der Waals surface area contributed by atoms with E-state index in [1.54, 1.807) is 24.3 Å². The lowest BCUT2D eigenvalue weighted by Gasteiger charge is -2.07. The highest BCUT2D eigenvalue weighted by atomic mass is 32.2. The van der Waals surface area contributed by atoms with E-state index in [4.69, 9.17) is 10.00 Å². The Morgan fingerprint density at radius 1 is 1.30 bits per heavy atom. The van der Waals surface area contributed by atoms with Gasteiger partial charge < -0.3 is 10.1 Å². The molecule has 1 aromatic carbocycles. The molecule has 1 amide bonds. The predicted octanol–water partition coefficient (Wildman–Crippen LogP) is 2.59. The number of carbonyl (C=O) groups is 1. The van der Waals surface area contributed by atoms with Gasteiger partial charge in [-0.1, -0.05) is 6.42 Å². The fourth-order valence-electron chi connectivity index (χ4n) is 1.60.